The van der Waals surface area contributed by atoms with Gasteiger partial charge in [0.25, 0.3) is 0 Å². The summed E-state index contributed by atoms with van der Waals surface area (Å²) in [5.41, 5.74) is 2.45. The van der Waals surface area contributed by atoms with Gasteiger partial charge in [0.1, 0.15) is 11.9 Å². The molecule has 3 aromatic carbocycles. The third-order valence-electron chi connectivity index (χ3n) is 5.21. The predicted octanol–water partition coefficient (Wildman–Crippen LogP) is 5.19. The molecule has 33 heavy (non-hydrogen) atoms. The number of nitrogens with zero attached hydrogens (tertiary/aromatic N) is 1. The van der Waals surface area contributed by atoms with Gasteiger partial charge in [0.2, 0.25) is 11.8 Å². The van der Waals surface area contributed by atoms with E-state index in [2.05, 4.69) is 5.32 Å². The van der Waals surface area contributed by atoms with E-state index in [0.717, 1.165) is 16.7 Å². The Bertz CT molecular complexity index is 1070. The van der Waals surface area contributed by atoms with Crippen LogP contribution in [0.3, 0.4) is 0 Å². The average Bonchev–Trinajstić information content (AvgIpc) is 2.77. The molecule has 0 heterocycles. The number of amides is 2. The molecule has 0 fully saturated rings. The van der Waals surface area contributed by atoms with E-state index in [-0.39, 0.29) is 36.6 Å². The van der Waals surface area contributed by atoms with E-state index in [1.165, 1.54) is 12.1 Å². The number of nitrogens with one attached hydrogen (secondary N) is 1. The first-order valence-corrected chi connectivity index (χ1v) is 11.3. The summed E-state index contributed by atoms with van der Waals surface area (Å²) in [5, 5.41) is 3.50. The quantitative estimate of drug-likeness (QED) is 0.472. The summed E-state index contributed by atoms with van der Waals surface area (Å²) in [6.45, 7) is 3.95. The molecule has 0 spiro atoms. The Hall–Kier alpha value is -3.18. The maximum atomic E-state index is 13.5. The molecule has 0 unspecified atom stereocenters. The number of rotatable bonds is 9. The Labute approximate surface area is 199 Å². The van der Waals surface area contributed by atoms with Gasteiger partial charge in [0.05, 0.1) is 6.42 Å². The van der Waals surface area contributed by atoms with Crippen LogP contribution in [0.2, 0.25) is 5.02 Å². The molecular weight excluding hydrogens is 439 g/mol. The first kappa shape index (κ1) is 24.5. The Morgan fingerprint density at radius 3 is 2.21 bits per heavy atom. The highest BCUT2D eigenvalue weighted by Gasteiger charge is 2.30. The molecule has 0 bridgehead atoms. The summed E-state index contributed by atoms with van der Waals surface area (Å²) in [6.07, 6.45) is 0.462. The summed E-state index contributed by atoms with van der Waals surface area (Å²) in [6, 6.07) is 21.9. The highest BCUT2D eigenvalue weighted by atomic mass is 35.5. The first-order valence-electron chi connectivity index (χ1n) is 10.9. The van der Waals surface area contributed by atoms with E-state index in [9.17, 15) is 14.0 Å². The smallest absolute Gasteiger partial charge is 0.243 e. The molecule has 0 aliphatic carbocycles. The molecule has 4 nitrogen and oxygen atoms in total. The van der Waals surface area contributed by atoms with Gasteiger partial charge >= 0.3 is 0 Å². The minimum Gasteiger partial charge on any atom is -0.352 e. The second kappa shape index (κ2) is 11.6. The van der Waals surface area contributed by atoms with Gasteiger partial charge in [0, 0.05) is 24.0 Å². The van der Waals surface area contributed by atoms with Gasteiger partial charge in [-0.25, -0.2) is 4.39 Å². The molecule has 0 aliphatic rings. The van der Waals surface area contributed by atoms with Crippen LogP contribution >= 0.6 is 11.6 Å². The highest BCUT2D eigenvalue weighted by molar-refractivity contribution is 6.30. The molecule has 1 atom stereocenters. The van der Waals surface area contributed by atoms with Gasteiger partial charge in [-0.1, -0.05) is 66.2 Å². The summed E-state index contributed by atoms with van der Waals surface area (Å²) in [5.74, 6) is -0.786. The van der Waals surface area contributed by atoms with Crippen LogP contribution < -0.4 is 5.32 Å². The highest BCUT2D eigenvalue weighted by Crippen LogP contribution is 2.18. The van der Waals surface area contributed by atoms with Crippen molar-refractivity contribution in [2.45, 2.75) is 45.3 Å². The third kappa shape index (κ3) is 7.43. The Kier molecular flexibility index (Phi) is 8.61. The minimum atomic E-state index is -0.730. The number of halogens is 2. The minimum absolute atomic E-state index is 0.0773. The van der Waals surface area contributed by atoms with Crippen LogP contribution in [0.15, 0.2) is 78.9 Å². The maximum absolute atomic E-state index is 13.5. The molecule has 0 aliphatic heterocycles. The summed E-state index contributed by atoms with van der Waals surface area (Å²) < 4.78 is 13.5. The second-order valence-electron chi connectivity index (χ2n) is 8.32. The zero-order valence-electron chi connectivity index (χ0n) is 18.8. The monoisotopic (exact) mass is 466 g/mol. The summed E-state index contributed by atoms with van der Waals surface area (Å²) in [4.78, 5) is 28.4. The zero-order chi connectivity index (χ0) is 23.8. The van der Waals surface area contributed by atoms with Crippen molar-refractivity contribution in [1.29, 1.82) is 0 Å². The average molecular weight is 467 g/mol. The van der Waals surface area contributed by atoms with Crippen molar-refractivity contribution in [3.05, 3.63) is 106 Å². The van der Waals surface area contributed by atoms with E-state index in [4.69, 9.17) is 11.6 Å². The molecule has 3 aromatic rings. The van der Waals surface area contributed by atoms with Crippen LogP contribution in [0, 0.1) is 5.82 Å². The van der Waals surface area contributed by atoms with Crippen molar-refractivity contribution in [2.75, 3.05) is 0 Å². The molecule has 1 N–H and O–H groups in total. The van der Waals surface area contributed by atoms with Crippen LogP contribution in [-0.4, -0.2) is 28.8 Å². The molecular formula is C27H28ClFN2O2. The molecule has 3 rings (SSSR count). The molecule has 0 radical (unpaired) electrons. The molecule has 0 aromatic heterocycles. The Morgan fingerprint density at radius 2 is 1.58 bits per heavy atom. The second-order valence-corrected chi connectivity index (χ2v) is 8.76. The molecule has 172 valence electrons. The lowest BCUT2D eigenvalue weighted by Gasteiger charge is -2.32. The van der Waals surface area contributed by atoms with E-state index in [0.29, 0.717) is 11.4 Å². The normalized spacial score (nSPS) is 11.8. The van der Waals surface area contributed by atoms with Crippen molar-refractivity contribution >= 4 is 23.4 Å². The summed E-state index contributed by atoms with van der Waals surface area (Å²) in [7, 11) is 0. The molecule has 0 saturated carbocycles. The van der Waals surface area contributed by atoms with Crippen molar-refractivity contribution in [3.63, 3.8) is 0 Å². The molecule has 0 saturated heterocycles. The van der Waals surface area contributed by atoms with E-state index < -0.39 is 6.04 Å². The molecule has 6 heteroatoms. The molecule has 2 amide bonds. The Balaban J connectivity index is 1.96. The Morgan fingerprint density at radius 1 is 0.909 bits per heavy atom. The largest absolute Gasteiger partial charge is 0.352 e. The van der Waals surface area contributed by atoms with Crippen molar-refractivity contribution in [3.8, 4) is 0 Å². The van der Waals surface area contributed by atoms with E-state index in [1.54, 1.807) is 35.2 Å². The van der Waals surface area contributed by atoms with Crippen molar-refractivity contribution in [1.82, 2.24) is 10.2 Å². The van der Waals surface area contributed by atoms with Crippen molar-refractivity contribution in [2.24, 2.45) is 0 Å². The van der Waals surface area contributed by atoms with Gasteiger partial charge in [-0.15, -0.1) is 0 Å². The van der Waals surface area contributed by atoms with Crippen molar-refractivity contribution < 1.29 is 14.0 Å². The number of carbonyl (C=O) groups is 2. The fourth-order valence-corrected chi connectivity index (χ4v) is 3.86. The first-order chi connectivity index (χ1) is 15.8. The van der Waals surface area contributed by atoms with Crippen LogP contribution in [0.5, 0.6) is 0 Å². The number of hydrogen-bond donors (Lipinski definition) is 1. The van der Waals surface area contributed by atoms with Crippen LogP contribution in [0.1, 0.15) is 30.5 Å². The van der Waals surface area contributed by atoms with Gasteiger partial charge in [0.15, 0.2) is 0 Å². The predicted molar refractivity (Wildman–Crippen MR) is 129 cm³/mol. The fourth-order valence-electron chi connectivity index (χ4n) is 3.64. The number of carbonyl (C=O) groups excluding carboxylic acids is 2. The topological polar surface area (TPSA) is 49.4 Å². The number of benzene rings is 3. The maximum Gasteiger partial charge on any atom is 0.243 e. The van der Waals surface area contributed by atoms with E-state index in [1.807, 2.05) is 50.2 Å². The lowest BCUT2D eigenvalue weighted by Crippen LogP contribution is -2.52. The zero-order valence-corrected chi connectivity index (χ0v) is 19.6. The van der Waals surface area contributed by atoms with Crippen LogP contribution in [-0.2, 0) is 29.0 Å². The van der Waals surface area contributed by atoms with E-state index >= 15 is 0 Å². The lowest BCUT2D eigenvalue weighted by molar-refractivity contribution is -0.141. The van der Waals surface area contributed by atoms with Gasteiger partial charge < -0.3 is 10.2 Å². The SMILES string of the molecule is CC(C)NC(=O)[C@@H](Cc1ccccc1)N(Cc1ccc(F)cc1)C(=O)Cc1cccc(Cl)c1. The van der Waals surface area contributed by atoms with Crippen LogP contribution in [0.25, 0.3) is 0 Å². The van der Waals surface area contributed by atoms with Gasteiger partial charge in [-0.2, -0.15) is 0 Å². The van der Waals surface area contributed by atoms with Crippen LogP contribution in [0.4, 0.5) is 4.39 Å². The third-order valence-corrected chi connectivity index (χ3v) is 5.45. The standard InChI is InChI=1S/C27H28ClFN2O2/c1-19(2)30-27(33)25(16-20-7-4-3-5-8-20)31(18-21-11-13-24(29)14-12-21)26(32)17-22-9-6-10-23(28)15-22/h3-15,19,25H,16-18H2,1-2H3,(H,30,33)/t25-/m1/s1. The lowest BCUT2D eigenvalue weighted by atomic mass is 10.0. The summed E-state index contributed by atoms with van der Waals surface area (Å²) >= 11 is 6.11. The fraction of sp³-hybridized carbons (Fsp3) is 0.259. The van der Waals surface area contributed by atoms with Gasteiger partial charge in [-0.3, -0.25) is 9.59 Å². The number of hydrogen-bond acceptors (Lipinski definition) is 2. The van der Waals surface area contributed by atoms with Gasteiger partial charge in [-0.05, 0) is 54.8 Å².